The van der Waals surface area contributed by atoms with Crippen LogP contribution in [0.3, 0.4) is 0 Å². The zero-order valence-electron chi connectivity index (χ0n) is 19.2. The molecular formula is C21H24N10O3S. The van der Waals surface area contributed by atoms with Gasteiger partial charge in [0.15, 0.2) is 15.5 Å². The zero-order chi connectivity index (χ0) is 24.5. The van der Waals surface area contributed by atoms with Gasteiger partial charge >= 0.3 is 0 Å². The number of nitrogen functional groups attached to an aromatic ring is 1. The van der Waals surface area contributed by atoms with Gasteiger partial charge in [-0.25, -0.2) is 13.4 Å². The SMILES string of the molecule is Cn1cc(-c2cnn3c(N)c(S(C)(=O)=O)c([C@@H]4C[C@H]5CC[C@@H](C4)N5C(=O)c4nnc[nH]4)nc23)cn1. The molecule has 0 unspecified atom stereocenters. The van der Waals surface area contributed by atoms with Gasteiger partial charge in [0, 0.05) is 48.6 Å². The Kier molecular flexibility index (Phi) is 4.71. The molecule has 2 aliphatic rings. The molecule has 0 saturated carbocycles. The van der Waals surface area contributed by atoms with Crippen LogP contribution in [0.2, 0.25) is 0 Å². The Morgan fingerprint density at radius 1 is 1.17 bits per heavy atom. The number of nitrogens with one attached hydrogen (secondary N) is 1. The molecule has 0 radical (unpaired) electrons. The van der Waals surface area contributed by atoms with Crippen LogP contribution in [0.5, 0.6) is 0 Å². The first-order chi connectivity index (χ1) is 16.7. The fraction of sp³-hybridized carbons (Fsp3) is 0.429. The van der Waals surface area contributed by atoms with Gasteiger partial charge in [0.25, 0.3) is 5.91 Å². The highest BCUT2D eigenvalue weighted by Gasteiger charge is 2.46. The normalized spacial score (nSPS) is 22.2. The number of aromatic nitrogens is 8. The first kappa shape index (κ1) is 21.7. The van der Waals surface area contributed by atoms with Crippen LogP contribution in [0, 0.1) is 0 Å². The van der Waals surface area contributed by atoms with Crippen molar-refractivity contribution in [2.75, 3.05) is 12.0 Å². The number of amides is 1. The fourth-order valence-corrected chi connectivity index (χ4v) is 6.66. The van der Waals surface area contributed by atoms with Crippen LogP contribution in [-0.2, 0) is 16.9 Å². The lowest BCUT2D eigenvalue weighted by molar-refractivity contribution is 0.0556. The minimum atomic E-state index is -3.70. The summed E-state index contributed by atoms with van der Waals surface area (Å²) < 4.78 is 28.8. The van der Waals surface area contributed by atoms with Crippen LogP contribution >= 0.6 is 0 Å². The Morgan fingerprint density at radius 3 is 2.51 bits per heavy atom. The van der Waals surface area contributed by atoms with Crippen molar-refractivity contribution >= 4 is 27.2 Å². The average molecular weight is 497 g/mol. The summed E-state index contributed by atoms with van der Waals surface area (Å²) in [5.74, 6) is -0.120. The molecule has 6 heterocycles. The minimum Gasteiger partial charge on any atom is -0.382 e. The van der Waals surface area contributed by atoms with Crippen molar-refractivity contribution in [3.8, 4) is 11.1 Å². The van der Waals surface area contributed by atoms with Crippen molar-refractivity contribution < 1.29 is 13.2 Å². The molecule has 0 spiro atoms. The molecule has 4 aromatic rings. The molecule has 0 aliphatic carbocycles. The minimum absolute atomic E-state index is 0.00486. The molecule has 2 aliphatic heterocycles. The Balaban J connectivity index is 1.45. The van der Waals surface area contributed by atoms with Crippen molar-refractivity contribution in [2.24, 2.45) is 7.05 Å². The number of piperidine rings is 1. The predicted molar refractivity (Wildman–Crippen MR) is 124 cm³/mol. The quantitative estimate of drug-likeness (QED) is 0.414. The molecule has 14 heteroatoms. The van der Waals surface area contributed by atoms with Gasteiger partial charge in [-0.05, 0) is 25.7 Å². The van der Waals surface area contributed by atoms with Crippen molar-refractivity contribution in [2.45, 2.75) is 48.6 Å². The number of hydrogen-bond acceptors (Lipinski definition) is 9. The van der Waals surface area contributed by atoms with Crippen LogP contribution < -0.4 is 5.73 Å². The molecule has 35 heavy (non-hydrogen) atoms. The fourth-order valence-electron chi connectivity index (χ4n) is 5.60. The van der Waals surface area contributed by atoms with E-state index >= 15 is 0 Å². The largest absolute Gasteiger partial charge is 0.382 e. The van der Waals surface area contributed by atoms with Crippen LogP contribution in [0.15, 0.2) is 29.8 Å². The predicted octanol–water partition coefficient (Wildman–Crippen LogP) is 0.784. The lowest BCUT2D eigenvalue weighted by Gasteiger charge is -2.38. The Bertz CT molecular complexity index is 1540. The van der Waals surface area contributed by atoms with Crippen molar-refractivity contribution in [3.63, 3.8) is 0 Å². The van der Waals surface area contributed by atoms with Gasteiger partial charge < -0.3 is 15.6 Å². The smallest absolute Gasteiger partial charge is 0.292 e. The molecule has 2 bridgehead atoms. The number of carbonyl (C=O) groups excluding carboxylic acids is 1. The maximum atomic E-state index is 13.0. The van der Waals surface area contributed by atoms with Crippen molar-refractivity contribution in [1.82, 2.24) is 44.5 Å². The number of H-pyrrole nitrogens is 1. The van der Waals surface area contributed by atoms with E-state index in [0.717, 1.165) is 24.7 Å². The number of aromatic amines is 1. The van der Waals surface area contributed by atoms with Crippen LogP contribution in [-0.4, -0.2) is 77.1 Å². The first-order valence-corrected chi connectivity index (χ1v) is 13.2. The van der Waals surface area contributed by atoms with Gasteiger partial charge in [-0.1, -0.05) is 0 Å². The maximum absolute atomic E-state index is 13.0. The zero-order valence-corrected chi connectivity index (χ0v) is 20.0. The van der Waals surface area contributed by atoms with Crippen LogP contribution in [0.4, 0.5) is 5.82 Å². The molecule has 3 atom stereocenters. The lowest BCUT2D eigenvalue weighted by Crippen LogP contribution is -2.46. The van der Waals surface area contributed by atoms with Gasteiger partial charge in [0.05, 0.1) is 18.1 Å². The molecule has 13 nitrogen and oxygen atoms in total. The van der Waals surface area contributed by atoms with E-state index in [2.05, 4.69) is 25.4 Å². The molecule has 2 fully saturated rings. The second kappa shape index (κ2) is 7.60. The van der Waals surface area contributed by atoms with E-state index in [9.17, 15) is 13.2 Å². The van der Waals surface area contributed by atoms with Crippen LogP contribution in [0.1, 0.15) is 47.9 Å². The number of nitrogens with two attached hydrogens (primary N) is 1. The standard InChI is InChI=1S/C21H24N10O3S/c1-29-9-12(7-25-29)15-8-26-31-18(22)17(35(2,33)34)16(27-20(15)31)11-5-13-3-4-14(6-11)30(13)21(32)19-23-10-24-28-19/h7-11,13-14H,3-6,22H2,1-2H3,(H,23,24,28)/t11-,13-,14+. The van der Waals surface area contributed by atoms with E-state index < -0.39 is 9.84 Å². The summed E-state index contributed by atoms with van der Waals surface area (Å²) in [6.45, 7) is 0. The van der Waals surface area contributed by atoms with E-state index in [1.807, 2.05) is 18.1 Å². The molecule has 4 aromatic heterocycles. The third-order valence-electron chi connectivity index (χ3n) is 7.02. The summed E-state index contributed by atoms with van der Waals surface area (Å²) in [6.07, 6.45) is 10.5. The highest BCUT2D eigenvalue weighted by Crippen LogP contribution is 2.45. The monoisotopic (exact) mass is 496 g/mol. The summed E-state index contributed by atoms with van der Waals surface area (Å²) >= 11 is 0. The van der Waals surface area contributed by atoms with E-state index in [1.54, 1.807) is 17.1 Å². The first-order valence-electron chi connectivity index (χ1n) is 11.3. The number of anilines is 1. The summed E-state index contributed by atoms with van der Waals surface area (Å²) in [7, 11) is -1.89. The summed E-state index contributed by atoms with van der Waals surface area (Å²) in [5, 5.41) is 16.1. The molecule has 3 N–H and O–H groups in total. The molecule has 1 amide bonds. The lowest BCUT2D eigenvalue weighted by atomic mass is 9.87. The second-order valence-electron chi connectivity index (χ2n) is 9.28. The van der Waals surface area contributed by atoms with Crippen molar-refractivity contribution in [1.29, 1.82) is 0 Å². The highest BCUT2D eigenvalue weighted by molar-refractivity contribution is 7.91. The number of carbonyl (C=O) groups is 1. The van der Waals surface area contributed by atoms with E-state index in [0.29, 0.717) is 29.7 Å². The van der Waals surface area contributed by atoms with Gasteiger partial charge in [-0.2, -0.15) is 14.7 Å². The van der Waals surface area contributed by atoms with E-state index in [1.165, 1.54) is 10.8 Å². The van der Waals surface area contributed by atoms with Gasteiger partial charge in [0.1, 0.15) is 17.0 Å². The average Bonchev–Trinajstić information content (AvgIpc) is 3.59. The maximum Gasteiger partial charge on any atom is 0.292 e. The van der Waals surface area contributed by atoms with Crippen molar-refractivity contribution in [3.05, 3.63) is 36.4 Å². The number of fused-ring (bicyclic) bond motifs is 3. The molecular weight excluding hydrogens is 472 g/mol. The van der Waals surface area contributed by atoms with Gasteiger partial charge in [-0.15, -0.1) is 10.2 Å². The third-order valence-corrected chi connectivity index (χ3v) is 8.18. The summed E-state index contributed by atoms with van der Waals surface area (Å²) in [5.41, 5.74) is 8.84. The highest BCUT2D eigenvalue weighted by atomic mass is 32.2. The second-order valence-corrected chi connectivity index (χ2v) is 11.2. The summed E-state index contributed by atoms with van der Waals surface area (Å²) in [4.78, 5) is 22.5. The summed E-state index contributed by atoms with van der Waals surface area (Å²) in [6, 6.07) is -0.101. The van der Waals surface area contributed by atoms with E-state index in [4.69, 9.17) is 10.7 Å². The molecule has 2 saturated heterocycles. The number of rotatable bonds is 4. The molecule has 6 rings (SSSR count). The number of sulfone groups is 1. The molecule has 182 valence electrons. The topological polar surface area (TPSA) is 170 Å². The Hall–Kier alpha value is -3.81. The third kappa shape index (κ3) is 3.38. The van der Waals surface area contributed by atoms with E-state index in [-0.39, 0.29) is 40.4 Å². The number of aryl methyl sites for hydroxylation is 1. The molecule has 0 aromatic carbocycles. The number of hydrogen-bond donors (Lipinski definition) is 2. The Labute approximate surface area is 200 Å². The van der Waals surface area contributed by atoms with Gasteiger partial charge in [0.2, 0.25) is 5.82 Å². The number of nitrogens with zero attached hydrogens (tertiary/aromatic N) is 8. The Morgan fingerprint density at radius 2 is 1.91 bits per heavy atom. The van der Waals surface area contributed by atoms with Crippen LogP contribution in [0.25, 0.3) is 16.8 Å². The van der Waals surface area contributed by atoms with Gasteiger partial charge in [-0.3, -0.25) is 9.48 Å².